The van der Waals surface area contributed by atoms with Gasteiger partial charge in [-0.2, -0.15) is 13.2 Å². The van der Waals surface area contributed by atoms with Crippen LogP contribution in [-0.2, 0) is 17.4 Å². The maximum absolute atomic E-state index is 12.7. The third kappa shape index (κ3) is 3.53. The minimum absolute atomic E-state index is 0.00694. The van der Waals surface area contributed by atoms with Crippen molar-refractivity contribution in [1.29, 1.82) is 0 Å². The highest BCUT2D eigenvalue weighted by molar-refractivity contribution is 7.92. The van der Waals surface area contributed by atoms with Gasteiger partial charge < -0.3 is 9.54 Å². The largest absolute Gasteiger partial charge is 0.604 e. The van der Waals surface area contributed by atoms with Crippen molar-refractivity contribution in [1.82, 2.24) is 4.98 Å². The van der Waals surface area contributed by atoms with E-state index in [4.69, 9.17) is 11.6 Å². The first-order chi connectivity index (χ1) is 10.00. The molecular weight excluding hydrogens is 356 g/mol. The Bertz CT molecular complexity index is 664. The highest BCUT2D eigenvalue weighted by atomic mass is 35.5. The van der Waals surface area contributed by atoms with Crippen molar-refractivity contribution in [3.63, 3.8) is 0 Å². The van der Waals surface area contributed by atoms with Gasteiger partial charge in [0, 0.05) is 16.7 Å². The van der Waals surface area contributed by atoms with E-state index in [2.05, 4.69) is 0 Å². The quantitative estimate of drug-likeness (QED) is 0.594. The van der Waals surface area contributed by atoms with Gasteiger partial charge in [-0.05, 0) is 12.1 Å². The SMILES string of the molecule is [O-][S+](c1cc(C(F)(F)F)[nH]c1-c1ccc(Cl)cc1)C(F)(F)F. The molecule has 0 radical (unpaired) electrons. The summed E-state index contributed by atoms with van der Waals surface area (Å²) in [4.78, 5) is 0.865. The molecule has 1 aromatic heterocycles. The molecule has 1 atom stereocenters. The number of hydrogen-bond donors (Lipinski definition) is 1. The van der Waals surface area contributed by atoms with E-state index < -0.39 is 39.1 Å². The Morgan fingerprint density at radius 1 is 1.00 bits per heavy atom. The molecule has 2 nitrogen and oxygen atoms in total. The minimum atomic E-state index is -5.17. The lowest BCUT2D eigenvalue weighted by molar-refractivity contribution is -0.140. The number of aromatic amines is 1. The van der Waals surface area contributed by atoms with E-state index in [1.54, 1.807) is 0 Å². The fraction of sp³-hybridized carbons (Fsp3) is 0.167. The molecule has 0 fully saturated rings. The number of hydrogen-bond acceptors (Lipinski definition) is 1. The third-order valence-electron chi connectivity index (χ3n) is 2.63. The second kappa shape index (κ2) is 5.71. The summed E-state index contributed by atoms with van der Waals surface area (Å²) in [6.45, 7) is 0. The molecule has 0 amide bonds. The van der Waals surface area contributed by atoms with Crippen LogP contribution >= 0.6 is 11.6 Å². The van der Waals surface area contributed by atoms with E-state index in [-0.39, 0.29) is 16.7 Å². The van der Waals surface area contributed by atoms with E-state index in [1.807, 2.05) is 4.98 Å². The van der Waals surface area contributed by atoms with Gasteiger partial charge in [0.1, 0.15) is 22.6 Å². The van der Waals surface area contributed by atoms with Crippen LogP contribution in [0.15, 0.2) is 35.2 Å². The Morgan fingerprint density at radius 2 is 1.55 bits per heavy atom. The van der Waals surface area contributed by atoms with Crippen molar-refractivity contribution in [3.8, 4) is 11.3 Å². The molecule has 1 N–H and O–H groups in total. The van der Waals surface area contributed by atoms with E-state index in [0.29, 0.717) is 0 Å². The van der Waals surface area contributed by atoms with Crippen LogP contribution < -0.4 is 0 Å². The summed E-state index contributed by atoms with van der Waals surface area (Å²) in [5.41, 5.74) is -7.09. The molecule has 0 aliphatic heterocycles. The van der Waals surface area contributed by atoms with E-state index >= 15 is 0 Å². The summed E-state index contributed by atoms with van der Waals surface area (Å²) in [6.07, 6.45) is -4.89. The lowest BCUT2D eigenvalue weighted by Crippen LogP contribution is -2.23. The Hall–Kier alpha value is -1.32. The van der Waals surface area contributed by atoms with E-state index in [0.717, 1.165) is 0 Å². The highest BCUT2D eigenvalue weighted by Gasteiger charge is 2.49. The second-order valence-electron chi connectivity index (χ2n) is 4.14. The van der Waals surface area contributed by atoms with Crippen molar-refractivity contribution in [3.05, 3.63) is 41.0 Å². The molecule has 0 aliphatic carbocycles. The highest BCUT2D eigenvalue weighted by Crippen LogP contribution is 2.40. The van der Waals surface area contributed by atoms with Crippen LogP contribution in [0.4, 0.5) is 26.3 Å². The van der Waals surface area contributed by atoms with Crippen molar-refractivity contribution < 1.29 is 30.9 Å². The Labute approximate surface area is 128 Å². The zero-order valence-electron chi connectivity index (χ0n) is 10.3. The van der Waals surface area contributed by atoms with E-state index in [9.17, 15) is 30.9 Å². The first-order valence-electron chi connectivity index (χ1n) is 5.55. The Kier molecular flexibility index (Phi) is 4.42. The summed E-state index contributed by atoms with van der Waals surface area (Å²) in [7, 11) is 0. The topological polar surface area (TPSA) is 38.8 Å². The summed E-state index contributed by atoms with van der Waals surface area (Å²) in [6, 6.07) is 5.25. The molecule has 0 saturated heterocycles. The van der Waals surface area contributed by atoms with Gasteiger partial charge in [0.2, 0.25) is 0 Å². The first kappa shape index (κ1) is 17.0. The average Bonchev–Trinajstić information content (AvgIpc) is 2.82. The molecule has 0 spiro atoms. The lowest BCUT2D eigenvalue weighted by atomic mass is 10.2. The minimum Gasteiger partial charge on any atom is -0.604 e. The number of aromatic nitrogens is 1. The fourth-order valence-corrected chi connectivity index (χ4v) is 2.64. The summed E-state index contributed by atoms with van der Waals surface area (Å²) in [5, 5.41) is 0.254. The lowest BCUT2D eigenvalue weighted by Gasteiger charge is -2.12. The molecule has 2 aromatic rings. The van der Waals surface area contributed by atoms with Gasteiger partial charge in [-0.1, -0.05) is 23.7 Å². The smallest absolute Gasteiger partial charge is 0.578 e. The van der Waals surface area contributed by atoms with E-state index in [1.165, 1.54) is 24.3 Å². The van der Waals surface area contributed by atoms with Gasteiger partial charge in [0.15, 0.2) is 4.90 Å². The second-order valence-corrected chi connectivity index (χ2v) is 6.02. The molecule has 0 aliphatic rings. The predicted octanol–water partition coefficient (Wildman–Crippen LogP) is 4.98. The van der Waals surface area contributed by atoms with Crippen LogP contribution in [0, 0.1) is 0 Å². The fourth-order valence-electron chi connectivity index (χ4n) is 1.69. The number of H-pyrrole nitrogens is 1. The number of halogens is 7. The predicted molar refractivity (Wildman–Crippen MR) is 68.7 cm³/mol. The summed E-state index contributed by atoms with van der Waals surface area (Å²) >= 11 is 2.03. The van der Waals surface area contributed by atoms with Crippen molar-refractivity contribution in [2.24, 2.45) is 0 Å². The summed E-state index contributed by atoms with van der Waals surface area (Å²) < 4.78 is 87.3. The standard InChI is InChI=1S/C12H6ClF6NOS/c13-7-3-1-6(2-4-7)10-8(22(21)12(17,18)19)5-9(20-10)11(14,15)16/h1-5,20H. The molecule has 0 saturated carbocycles. The maximum atomic E-state index is 12.7. The maximum Gasteiger partial charge on any atom is 0.578 e. The van der Waals surface area contributed by atoms with Gasteiger partial charge in [-0.3, -0.25) is 0 Å². The van der Waals surface area contributed by atoms with Crippen LogP contribution in [0.25, 0.3) is 11.3 Å². The van der Waals surface area contributed by atoms with Gasteiger partial charge >= 0.3 is 11.7 Å². The zero-order chi connectivity index (χ0) is 16.7. The molecule has 1 unspecified atom stereocenters. The van der Waals surface area contributed by atoms with Crippen molar-refractivity contribution in [2.75, 3.05) is 0 Å². The Morgan fingerprint density at radius 3 is 2.00 bits per heavy atom. The molecule has 1 heterocycles. The first-order valence-corrected chi connectivity index (χ1v) is 7.07. The van der Waals surface area contributed by atoms with Gasteiger partial charge in [0.25, 0.3) is 0 Å². The van der Waals surface area contributed by atoms with Gasteiger partial charge in [0.05, 0.1) is 0 Å². The molecule has 2 rings (SSSR count). The van der Waals surface area contributed by atoms with Gasteiger partial charge in [-0.15, -0.1) is 13.2 Å². The molecule has 1 aromatic carbocycles. The van der Waals surface area contributed by atoms with Crippen LogP contribution in [0.2, 0.25) is 5.02 Å². The van der Waals surface area contributed by atoms with Crippen molar-refractivity contribution in [2.45, 2.75) is 16.6 Å². The number of nitrogens with one attached hydrogen (secondary N) is 1. The van der Waals surface area contributed by atoms with Crippen LogP contribution in [0.5, 0.6) is 0 Å². The van der Waals surface area contributed by atoms with Crippen molar-refractivity contribution >= 4 is 22.8 Å². The molecule has 22 heavy (non-hydrogen) atoms. The molecule has 0 bridgehead atoms. The number of alkyl halides is 6. The summed E-state index contributed by atoms with van der Waals surface area (Å²) in [5.74, 6) is 0. The third-order valence-corrected chi connectivity index (χ3v) is 4.02. The normalized spacial score (nSPS) is 14.2. The van der Waals surface area contributed by atoms with Crippen LogP contribution in [0.1, 0.15) is 5.69 Å². The van der Waals surface area contributed by atoms with Crippen LogP contribution in [-0.4, -0.2) is 15.0 Å². The molecular formula is C12H6ClF6NOS. The zero-order valence-corrected chi connectivity index (χ0v) is 11.9. The molecule has 120 valence electrons. The monoisotopic (exact) mass is 361 g/mol. The molecule has 10 heteroatoms. The average molecular weight is 362 g/mol. The van der Waals surface area contributed by atoms with Crippen LogP contribution in [0.3, 0.4) is 0 Å². The number of rotatable bonds is 2. The number of benzene rings is 1. The Balaban J connectivity index is 2.60. The van der Waals surface area contributed by atoms with Gasteiger partial charge in [-0.25, -0.2) is 0 Å².